The normalized spacial score (nSPS) is 25.8. The fourth-order valence-corrected chi connectivity index (χ4v) is 3.52. The largest absolute Gasteiger partial charge is 0.341 e. The molecule has 3 fully saturated rings. The maximum absolute atomic E-state index is 12.3. The van der Waals surface area contributed by atoms with Crippen molar-refractivity contribution in [2.24, 2.45) is 5.41 Å². The Hall–Kier alpha value is -1.63. The summed E-state index contributed by atoms with van der Waals surface area (Å²) in [4.78, 5) is 40.4. The van der Waals surface area contributed by atoms with Crippen LogP contribution in [0.4, 0.5) is 4.79 Å². The standard InChI is InChI=1S/C14H22N4O3/c1-16-5-2-14(3-6-16)4-7-17(10-14)12(20)9-18-8-11(19)15-13(18)21/h2-10H2,1H3,(H,15,19,21). The van der Waals surface area contributed by atoms with Gasteiger partial charge in [-0.2, -0.15) is 0 Å². The van der Waals surface area contributed by atoms with E-state index in [1.54, 1.807) is 0 Å². The van der Waals surface area contributed by atoms with Crippen LogP contribution in [0.25, 0.3) is 0 Å². The molecule has 3 aliphatic heterocycles. The predicted molar refractivity (Wildman–Crippen MR) is 75.5 cm³/mol. The number of amides is 4. The van der Waals surface area contributed by atoms with Gasteiger partial charge in [-0.3, -0.25) is 14.9 Å². The quantitative estimate of drug-likeness (QED) is 0.696. The maximum atomic E-state index is 12.3. The monoisotopic (exact) mass is 294 g/mol. The van der Waals surface area contributed by atoms with Gasteiger partial charge < -0.3 is 14.7 Å². The van der Waals surface area contributed by atoms with Gasteiger partial charge in [-0.25, -0.2) is 4.79 Å². The first-order chi connectivity index (χ1) is 9.97. The lowest BCUT2D eigenvalue weighted by atomic mass is 9.78. The van der Waals surface area contributed by atoms with Crippen LogP contribution in [0.15, 0.2) is 0 Å². The summed E-state index contributed by atoms with van der Waals surface area (Å²) in [5.41, 5.74) is 0.269. The molecule has 0 aromatic rings. The van der Waals surface area contributed by atoms with Gasteiger partial charge in [-0.1, -0.05) is 0 Å². The molecule has 0 aromatic carbocycles. The van der Waals surface area contributed by atoms with Crippen molar-refractivity contribution in [1.29, 1.82) is 0 Å². The Morgan fingerprint density at radius 2 is 1.86 bits per heavy atom. The average Bonchev–Trinajstić information content (AvgIpc) is 2.99. The van der Waals surface area contributed by atoms with E-state index in [4.69, 9.17) is 0 Å². The van der Waals surface area contributed by atoms with E-state index in [1.807, 2.05) is 4.90 Å². The molecule has 0 bridgehead atoms. The van der Waals surface area contributed by atoms with Crippen molar-refractivity contribution in [3.63, 3.8) is 0 Å². The molecule has 3 saturated heterocycles. The third-order valence-corrected chi connectivity index (χ3v) is 5.03. The van der Waals surface area contributed by atoms with Crippen molar-refractivity contribution in [3.05, 3.63) is 0 Å². The molecule has 7 nitrogen and oxygen atoms in total. The van der Waals surface area contributed by atoms with E-state index in [1.165, 1.54) is 4.90 Å². The van der Waals surface area contributed by atoms with Crippen LogP contribution in [0.3, 0.4) is 0 Å². The highest BCUT2D eigenvalue weighted by Crippen LogP contribution is 2.40. The molecule has 0 aromatic heterocycles. The molecule has 0 unspecified atom stereocenters. The van der Waals surface area contributed by atoms with E-state index >= 15 is 0 Å². The fraction of sp³-hybridized carbons (Fsp3) is 0.786. The van der Waals surface area contributed by atoms with Gasteiger partial charge in [0.2, 0.25) is 11.8 Å². The molecular weight excluding hydrogens is 272 g/mol. The van der Waals surface area contributed by atoms with Gasteiger partial charge in [0.15, 0.2) is 0 Å². The van der Waals surface area contributed by atoms with E-state index in [0.717, 1.165) is 45.4 Å². The summed E-state index contributed by atoms with van der Waals surface area (Å²) in [5, 5.41) is 2.20. The third-order valence-electron chi connectivity index (χ3n) is 5.03. The van der Waals surface area contributed by atoms with Gasteiger partial charge >= 0.3 is 6.03 Å². The summed E-state index contributed by atoms with van der Waals surface area (Å²) < 4.78 is 0. The lowest BCUT2D eigenvalue weighted by molar-refractivity contribution is -0.131. The van der Waals surface area contributed by atoms with E-state index in [-0.39, 0.29) is 30.3 Å². The van der Waals surface area contributed by atoms with Crippen molar-refractivity contribution in [2.75, 3.05) is 46.3 Å². The third kappa shape index (κ3) is 2.88. The number of nitrogens with one attached hydrogen (secondary N) is 1. The molecule has 3 aliphatic rings. The first-order valence-corrected chi connectivity index (χ1v) is 7.53. The zero-order valence-corrected chi connectivity index (χ0v) is 12.4. The Balaban J connectivity index is 1.55. The molecule has 0 aliphatic carbocycles. The first kappa shape index (κ1) is 14.3. The zero-order chi connectivity index (χ0) is 15.0. The van der Waals surface area contributed by atoms with Gasteiger partial charge in [-0.05, 0) is 44.8 Å². The number of carbonyl (C=O) groups is 3. The number of piperidine rings is 1. The maximum Gasteiger partial charge on any atom is 0.325 e. The van der Waals surface area contributed by atoms with Crippen LogP contribution in [0, 0.1) is 5.41 Å². The number of likely N-dealkylation sites (tertiary alicyclic amines) is 2. The second kappa shape index (κ2) is 5.29. The number of nitrogens with zero attached hydrogens (tertiary/aromatic N) is 3. The van der Waals surface area contributed by atoms with E-state index in [9.17, 15) is 14.4 Å². The van der Waals surface area contributed by atoms with Crippen LogP contribution in [-0.4, -0.2) is 78.9 Å². The van der Waals surface area contributed by atoms with Crippen molar-refractivity contribution in [1.82, 2.24) is 20.0 Å². The average molecular weight is 294 g/mol. The molecule has 0 saturated carbocycles. The molecule has 7 heteroatoms. The minimum Gasteiger partial charge on any atom is -0.341 e. The Labute approximate surface area is 124 Å². The van der Waals surface area contributed by atoms with Gasteiger partial charge in [0, 0.05) is 13.1 Å². The van der Waals surface area contributed by atoms with Gasteiger partial charge in [0.1, 0.15) is 13.1 Å². The molecule has 4 amide bonds. The molecule has 0 atom stereocenters. The van der Waals surface area contributed by atoms with E-state index < -0.39 is 6.03 Å². The van der Waals surface area contributed by atoms with Gasteiger partial charge in [0.05, 0.1) is 0 Å². The topological polar surface area (TPSA) is 73.0 Å². The Morgan fingerprint density at radius 1 is 1.19 bits per heavy atom. The second-order valence-electron chi connectivity index (χ2n) is 6.58. The number of carbonyl (C=O) groups excluding carboxylic acids is 3. The summed E-state index contributed by atoms with van der Waals surface area (Å²) in [6.07, 6.45) is 3.32. The van der Waals surface area contributed by atoms with Crippen LogP contribution in [0.1, 0.15) is 19.3 Å². The number of hydrogen-bond acceptors (Lipinski definition) is 4. The van der Waals surface area contributed by atoms with E-state index in [0.29, 0.717) is 0 Å². The molecule has 1 N–H and O–H groups in total. The predicted octanol–water partition coefficient (Wildman–Crippen LogP) is -0.517. The Morgan fingerprint density at radius 3 is 2.48 bits per heavy atom. The molecule has 1 spiro atoms. The number of imide groups is 1. The summed E-state index contributed by atoms with van der Waals surface area (Å²) in [5.74, 6) is -0.378. The van der Waals surface area contributed by atoms with Crippen molar-refractivity contribution >= 4 is 17.8 Å². The summed E-state index contributed by atoms with van der Waals surface area (Å²) >= 11 is 0. The second-order valence-corrected chi connectivity index (χ2v) is 6.58. The van der Waals surface area contributed by atoms with Crippen LogP contribution < -0.4 is 5.32 Å². The lowest BCUT2D eigenvalue weighted by Gasteiger charge is -2.37. The summed E-state index contributed by atoms with van der Waals surface area (Å²) in [6.45, 7) is 3.74. The van der Waals surface area contributed by atoms with Crippen molar-refractivity contribution in [2.45, 2.75) is 19.3 Å². The number of rotatable bonds is 2. The molecule has 3 heterocycles. The van der Waals surface area contributed by atoms with E-state index in [2.05, 4.69) is 17.3 Å². The molecule has 0 radical (unpaired) electrons. The van der Waals surface area contributed by atoms with Gasteiger partial charge in [0.25, 0.3) is 0 Å². The minimum atomic E-state index is -0.457. The van der Waals surface area contributed by atoms with Crippen LogP contribution in [0.2, 0.25) is 0 Å². The zero-order valence-electron chi connectivity index (χ0n) is 12.4. The highest BCUT2D eigenvalue weighted by Gasteiger charge is 2.42. The summed E-state index contributed by atoms with van der Waals surface area (Å²) in [6, 6.07) is -0.457. The number of hydrogen-bond donors (Lipinski definition) is 1. The van der Waals surface area contributed by atoms with Crippen LogP contribution in [-0.2, 0) is 9.59 Å². The van der Waals surface area contributed by atoms with Gasteiger partial charge in [-0.15, -0.1) is 0 Å². The Kier molecular flexibility index (Phi) is 3.61. The molecular formula is C14H22N4O3. The minimum absolute atomic E-state index is 0.00560. The molecule has 21 heavy (non-hydrogen) atoms. The summed E-state index contributed by atoms with van der Waals surface area (Å²) in [7, 11) is 2.13. The lowest BCUT2D eigenvalue weighted by Crippen LogP contribution is -2.43. The first-order valence-electron chi connectivity index (χ1n) is 7.53. The van der Waals surface area contributed by atoms with Crippen LogP contribution >= 0.6 is 0 Å². The Bertz CT molecular complexity index is 471. The fourth-order valence-electron chi connectivity index (χ4n) is 3.52. The highest BCUT2D eigenvalue weighted by molar-refractivity contribution is 6.03. The van der Waals surface area contributed by atoms with Crippen LogP contribution in [0.5, 0.6) is 0 Å². The smallest absolute Gasteiger partial charge is 0.325 e. The SMILES string of the molecule is CN1CCC2(CC1)CCN(C(=O)CN1CC(=O)NC1=O)C2. The molecule has 116 valence electrons. The van der Waals surface area contributed by atoms with Crippen molar-refractivity contribution in [3.8, 4) is 0 Å². The molecule has 3 rings (SSSR count). The van der Waals surface area contributed by atoms with Crippen molar-refractivity contribution < 1.29 is 14.4 Å². The number of urea groups is 1. The highest BCUT2D eigenvalue weighted by atomic mass is 16.2.